The van der Waals surface area contributed by atoms with Gasteiger partial charge in [-0.2, -0.15) is 0 Å². The van der Waals surface area contributed by atoms with E-state index in [2.05, 4.69) is 10.2 Å². The van der Waals surface area contributed by atoms with Gasteiger partial charge in [0.1, 0.15) is 5.82 Å². The van der Waals surface area contributed by atoms with E-state index in [0.29, 0.717) is 56.4 Å². The molecule has 2 amide bonds. The quantitative estimate of drug-likeness (QED) is 0.837. The highest BCUT2D eigenvalue weighted by atomic mass is 19.1. The lowest BCUT2D eigenvalue weighted by atomic mass is 10.1. The third-order valence-corrected chi connectivity index (χ3v) is 4.11. The first-order valence-corrected chi connectivity index (χ1v) is 8.14. The zero-order valence-electron chi connectivity index (χ0n) is 13.9. The van der Waals surface area contributed by atoms with Crippen LogP contribution in [0.2, 0.25) is 0 Å². The summed E-state index contributed by atoms with van der Waals surface area (Å²) in [6.45, 7) is 3.49. The maximum Gasteiger partial charge on any atom is 0.254 e. The van der Waals surface area contributed by atoms with Crippen molar-refractivity contribution in [1.82, 2.24) is 20.0 Å². The highest BCUT2D eigenvalue weighted by molar-refractivity contribution is 5.94. The summed E-state index contributed by atoms with van der Waals surface area (Å²) in [5.74, 6) is 0.273. The Labute approximate surface area is 144 Å². The molecule has 25 heavy (non-hydrogen) atoms. The van der Waals surface area contributed by atoms with Gasteiger partial charge in [-0.1, -0.05) is 6.07 Å². The number of amides is 2. The van der Waals surface area contributed by atoms with E-state index in [0.717, 1.165) is 0 Å². The van der Waals surface area contributed by atoms with Gasteiger partial charge in [-0.15, -0.1) is 10.2 Å². The summed E-state index contributed by atoms with van der Waals surface area (Å²) in [6, 6.07) is 5.64. The van der Waals surface area contributed by atoms with Gasteiger partial charge >= 0.3 is 0 Å². The Balaban J connectivity index is 1.49. The molecule has 1 fully saturated rings. The predicted octanol–water partition coefficient (Wildman–Crippen LogP) is 1.43. The van der Waals surface area contributed by atoms with Crippen LogP contribution in [0.5, 0.6) is 0 Å². The second-order valence-electron chi connectivity index (χ2n) is 5.90. The van der Waals surface area contributed by atoms with Crippen molar-refractivity contribution in [3.8, 4) is 0 Å². The summed E-state index contributed by atoms with van der Waals surface area (Å²) < 4.78 is 18.5. The molecule has 8 heteroatoms. The number of hydrogen-bond acceptors (Lipinski definition) is 5. The Kier molecular flexibility index (Phi) is 5.06. The highest BCUT2D eigenvalue weighted by Gasteiger charge is 2.25. The minimum Gasteiger partial charge on any atom is -0.426 e. The summed E-state index contributed by atoms with van der Waals surface area (Å²) in [7, 11) is 0. The van der Waals surface area contributed by atoms with Crippen molar-refractivity contribution in [3.05, 3.63) is 47.4 Å². The Morgan fingerprint density at radius 3 is 2.52 bits per heavy atom. The number of benzene rings is 1. The van der Waals surface area contributed by atoms with Gasteiger partial charge in [0.25, 0.3) is 5.91 Å². The molecule has 0 aliphatic carbocycles. The second-order valence-corrected chi connectivity index (χ2v) is 5.90. The molecule has 0 saturated carbocycles. The Hall–Kier alpha value is -2.77. The normalized spacial score (nSPS) is 14.6. The van der Waals surface area contributed by atoms with E-state index in [4.69, 9.17) is 4.42 Å². The first-order valence-electron chi connectivity index (χ1n) is 8.14. The number of halogens is 1. The van der Waals surface area contributed by atoms with Crippen LogP contribution in [-0.2, 0) is 11.2 Å². The number of rotatable bonds is 4. The van der Waals surface area contributed by atoms with Crippen LogP contribution >= 0.6 is 0 Å². The summed E-state index contributed by atoms with van der Waals surface area (Å²) in [4.78, 5) is 28.0. The van der Waals surface area contributed by atoms with Crippen LogP contribution in [0.15, 0.2) is 28.7 Å². The molecule has 2 aromatic rings. The average molecular weight is 346 g/mol. The largest absolute Gasteiger partial charge is 0.426 e. The van der Waals surface area contributed by atoms with E-state index in [9.17, 15) is 14.0 Å². The zero-order chi connectivity index (χ0) is 17.8. The second kappa shape index (κ2) is 7.42. The van der Waals surface area contributed by atoms with E-state index in [1.807, 2.05) is 0 Å². The van der Waals surface area contributed by atoms with Crippen LogP contribution in [0.25, 0.3) is 0 Å². The van der Waals surface area contributed by atoms with E-state index in [1.165, 1.54) is 18.2 Å². The Morgan fingerprint density at radius 2 is 1.88 bits per heavy atom. The van der Waals surface area contributed by atoms with Crippen molar-refractivity contribution < 1.29 is 18.4 Å². The maximum atomic E-state index is 13.2. The molecule has 0 radical (unpaired) electrons. The van der Waals surface area contributed by atoms with Gasteiger partial charge in [0, 0.05) is 51.5 Å². The topological polar surface area (TPSA) is 79.5 Å². The number of piperazine rings is 1. The molecule has 132 valence electrons. The summed E-state index contributed by atoms with van der Waals surface area (Å²) in [5, 5.41) is 7.60. The lowest BCUT2D eigenvalue weighted by Crippen LogP contribution is -2.50. The maximum absolute atomic E-state index is 13.2. The van der Waals surface area contributed by atoms with Crippen LogP contribution < -0.4 is 0 Å². The number of carbonyl (C=O) groups is 2. The van der Waals surface area contributed by atoms with Crippen LogP contribution in [0.4, 0.5) is 4.39 Å². The van der Waals surface area contributed by atoms with Crippen molar-refractivity contribution in [2.45, 2.75) is 19.8 Å². The van der Waals surface area contributed by atoms with Gasteiger partial charge in [-0.05, 0) is 18.2 Å². The fraction of sp³-hybridized carbons (Fsp3) is 0.412. The Bertz CT molecular complexity index is 769. The minimum absolute atomic E-state index is 0.00583. The smallest absolute Gasteiger partial charge is 0.254 e. The number of nitrogens with zero attached hydrogens (tertiary/aromatic N) is 4. The van der Waals surface area contributed by atoms with Gasteiger partial charge in [0.15, 0.2) is 0 Å². The molecule has 1 saturated heterocycles. The van der Waals surface area contributed by atoms with E-state index < -0.39 is 5.82 Å². The van der Waals surface area contributed by atoms with Gasteiger partial charge < -0.3 is 14.2 Å². The molecule has 2 heterocycles. The molecule has 0 unspecified atom stereocenters. The number of aryl methyl sites for hydroxylation is 2. The number of hydrogen-bond donors (Lipinski definition) is 0. The third kappa shape index (κ3) is 4.20. The van der Waals surface area contributed by atoms with Crippen LogP contribution in [0.1, 0.15) is 28.6 Å². The van der Waals surface area contributed by atoms with Crippen LogP contribution in [0.3, 0.4) is 0 Å². The first-order chi connectivity index (χ1) is 12.0. The lowest BCUT2D eigenvalue weighted by molar-refractivity contribution is -0.132. The van der Waals surface area contributed by atoms with E-state index >= 15 is 0 Å². The summed E-state index contributed by atoms with van der Waals surface area (Å²) >= 11 is 0. The molecular formula is C17H19FN4O3. The van der Waals surface area contributed by atoms with Crippen LogP contribution in [0, 0.1) is 12.7 Å². The fourth-order valence-electron chi connectivity index (χ4n) is 2.77. The molecule has 0 atom stereocenters. The van der Waals surface area contributed by atoms with Crippen molar-refractivity contribution >= 4 is 11.8 Å². The van der Waals surface area contributed by atoms with Crippen molar-refractivity contribution in [2.75, 3.05) is 26.2 Å². The molecule has 0 spiro atoms. The Morgan fingerprint density at radius 1 is 1.16 bits per heavy atom. The lowest BCUT2D eigenvalue weighted by Gasteiger charge is -2.34. The van der Waals surface area contributed by atoms with Gasteiger partial charge in [-0.3, -0.25) is 9.59 Å². The van der Waals surface area contributed by atoms with Gasteiger partial charge in [0.2, 0.25) is 17.7 Å². The molecule has 3 rings (SSSR count). The molecule has 1 aliphatic heterocycles. The number of aromatic nitrogens is 2. The molecule has 1 aliphatic rings. The highest BCUT2D eigenvalue weighted by Crippen LogP contribution is 2.12. The molecular weight excluding hydrogens is 327 g/mol. The predicted molar refractivity (Wildman–Crippen MR) is 86.2 cm³/mol. The van der Waals surface area contributed by atoms with Gasteiger partial charge in [0.05, 0.1) is 0 Å². The molecule has 0 N–H and O–H groups in total. The molecule has 1 aromatic carbocycles. The van der Waals surface area contributed by atoms with Crippen molar-refractivity contribution in [2.24, 2.45) is 0 Å². The van der Waals surface area contributed by atoms with Crippen molar-refractivity contribution in [3.63, 3.8) is 0 Å². The SMILES string of the molecule is Cc1nnc(CCC(=O)N2CCN(C(=O)c3cccc(F)c3)CC2)o1. The zero-order valence-corrected chi connectivity index (χ0v) is 13.9. The standard InChI is InChI=1S/C17H19FN4O3/c1-12-19-20-15(25-12)5-6-16(23)21-7-9-22(10-8-21)17(24)13-3-2-4-14(18)11-13/h2-4,11H,5-10H2,1H3. The third-order valence-electron chi connectivity index (χ3n) is 4.11. The monoisotopic (exact) mass is 346 g/mol. The fourth-order valence-corrected chi connectivity index (χ4v) is 2.77. The molecule has 7 nitrogen and oxygen atoms in total. The minimum atomic E-state index is -0.434. The summed E-state index contributed by atoms with van der Waals surface area (Å²) in [6.07, 6.45) is 0.696. The summed E-state index contributed by atoms with van der Waals surface area (Å²) in [5.41, 5.74) is 0.326. The average Bonchev–Trinajstić information content (AvgIpc) is 3.04. The van der Waals surface area contributed by atoms with E-state index in [-0.39, 0.29) is 11.8 Å². The molecule has 0 bridgehead atoms. The van der Waals surface area contributed by atoms with Gasteiger partial charge in [-0.25, -0.2) is 4.39 Å². The molecule has 1 aromatic heterocycles. The van der Waals surface area contributed by atoms with Crippen LogP contribution in [-0.4, -0.2) is 58.0 Å². The first kappa shape index (κ1) is 17.1. The number of carbonyl (C=O) groups excluding carboxylic acids is 2. The van der Waals surface area contributed by atoms with Crippen molar-refractivity contribution in [1.29, 1.82) is 0 Å². The van der Waals surface area contributed by atoms with E-state index in [1.54, 1.807) is 22.8 Å².